The van der Waals surface area contributed by atoms with Crippen LogP contribution >= 0.6 is 0 Å². The van der Waals surface area contributed by atoms with Crippen LogP contribution in [0, 0.1) is 0 Å². The van der Waals surface area contributed by atoms with Crippen molar-refractivity contribution in [3.05, 3.63) is 54.6 Å². The van der Waals surface area contributed by atoms with E-state index in [1.165, 1.54) is 0 Å². The van der Waals surface area contributed by atoms with E-state index in [0.29, 0.717) is 17.2 Å². The summed E-state index contributed by atoms with van der Waals surface area (Å²) in [5.74, 6) is -0.122. The zero-order valence-electron chi connectivity index (χ0n) is 13.3. The number of hydrogen-bond acceptors (Lipinski definition) is 3. The average Bonchev–Trinajstić information content (AvgIpc) is 3.10. The van der Waals surface area contributed by atoms with E-state index in [4.69, 9.17) is 4.74 Å². The fraction of sp³-hybridized carbons (Fsp3) is 0.263. The Morgan fingerprint density at radius 2 is 1.54 bits per heavy atom. The Morgan fingerprint density at radius 3 is 2.29 bits per heavy atom. The number of amides is 2. The lowest BCUT2D eigenvalue weighted by atomic mass is 10.2. The fourth-order valence-electron chi connectivity index (χ4n) is 2.77. The highest BCUT2D eigenvalue weighted by Crippen LogP contribution is 2.29. The first-order chi connectivity index (χ1) is 11.7. The van der Waals surface area contributed by atoms with Gasteiger partial charge in [0.2, 0.25) is 0 Å². The topological polar surface area (TPSA) is 67.4 Å². The summed E-state index contributed by atoms with van der Waals surface area (Å²) in [6.45, 7) is 0. The van der Waals surface area contributed by atoms with E-state index in [2.05, 4.69) is 10.6 Å². The van der Waals surface area contributed by atoms with Crippen LogP contribution in [0.2, 0.25) is 0 Å². The molecule has 0 aromatic heterocycles. The van der Waals surface area contributed by atoms with Gasteiger partial charge in [0.1, 0.15) is 5.75 Å². The van der Waals surface area contributed by atoms with E-state index in [1.807, 2.05) is 36.4 Å². The molecule has 1 aliphatic rings. The first-order valence-electron chi connectivity index (χ1n) is 8.16. The molecule has 0 atom stereocenters. The number of anilines is 1. The molecule has 2 N–H and O–H groups in total. The first-order valence-corrected chi connectivity index (χ1v) is 8.16. The molecule has 2 aromatic carbocycles. The predicted octanol–water partition coefficient (Wildman–Crippen LogP) is 3.48. The van der Waals surface area contributed by atoms with Crippen molar-refractivity contribution in [2.45, 2.75) is 31.7 Å². The molecule has 0 radical (unpaired) electrons. The van der Waals surface area contributed by atoms with Crippen LogP contribution in [0.1, 0.15) is 25.7 Å². The minimum Gasteiger partial charge on any atom is -0.455 e. The maximum absolute atomic E-state index is 12.1. The molecule has 5 nitrogen and oxygen atoms in total. The number of para-hydroxylation sites is 3. The van der Waals surface area contributed by atoms with Crippen molar-refractivity contribution in [2.24, 2.45) is 0 Å². The SMILES string of the molecule is O=C(Nc1ccccc1Oc1ccccc1)C(=O)NC1CCCC1. The van der Waals surface area contributed by atoms with E-state index in [0.717, 1.165) is 25.7 Å². The smallest absolute Gasteiger partial charge is 0.313 e. The lowest BCUT2D eigenvalue weighted by Crippen LogP contribution is -2.40. The Balaban J connectivity index is 1.66. The number of benzene rings is 2. The quantitative estimate of drug-likeness (QED) is 0.846. The van der Waals surface area contributed by atoms with Gasteiger partial charge in [-0.25, -0.2) is 0 Å². The van der Waals surface area contributed by atoms with Gasteiger partial charge in [-0.2, -0.15) is 0 Å². The van der Waals surface area contributed by atoms with Crippen molar-refractivity contribution in [3.63, 3.8) is 0 Å². The highest BCUT2D eigenvalue weighted by Gasteiger charge is 2.22. The molecule has 1 aliphatic carbocycles. The standard InChI is InChI=1S/C19H20N2O3/c22-18(20-14-8-4-5-9-14)19(23)21-16-12-6-7-13-17(16)24-15-10-2-1-3-11-15/h1-3,6-7,10-14H,4-5,8-9H2,(H,20,22)(H,21,23). The van der Waals surface area contributed by atoms with Crippen molar-refractivity contribution in [1.82, 2.24) is 5.32 Å². The second-order valence-electron chi connectivity index (χ2n) is 5.82. The molecule has 1 fully saturated rings. The second-order valence-corrected chi connectivity index (χ2v) is 5.82. The van der Waals surface area contributed by atoms with Crippen LogP contribution in [-0.2, 0) is 9.59 Å². The van der Waals surface area contributed by atoms with Gasteiger partial charge in [0.15, 0.2) is 5.75 Å². The van der Waals surface area contributed by atoms with Crippen molar-refractivity contribution in [2.75, 3.05) is 5.32 Å². The van der Waals surface area contributed by atoms with Crippen LogP contribution in [0.15, 0.2) is 54.6 Å². The lowest BCUT2D eigenvalue weighted by molar-refractivity contribution is -0.136. The summed E-state index contributed by atoms with van der Waals surface area (Å²) < 4.78 is 5.78. The van der Waals surface area contributed by atoms with Crippen molar-refractivity contribution >= 4 is 17.5 Å². The summed E-state index contributed by atoms with van der Waals surface area (Å²) >= 11 is 0. The lowest BCUT2D eigenvalue weighted by Gasteiger charge is -2.14. The van der Waals surface area contributed by atoms with Gasteiger partial charge in [0.05, 0.1) is 5.69 Å². The monoisotopic (exact) mass is 324 g/mol. The van der Waals surface area contributed by atoms with Crippen LogP contribution in [0.4, 0.5) is 5.69 Å². The van der Waals surface area contributed by atoms with Crippen LogP contribution in [0.3, 0.4) is 0 Å². The molecule has 5 heteroatoms. The van der Waals surface area contributed by atoms with Crippen LogP contribution in [0.25, 0.3) is 0 Å². The van der Waals surface area contributed by atoms with E-state index in [9.17, 15) is 9.59 Å². The molecule has 1 saturated carbocycles. The van der Waals surface area contributed by atoms with Gasteiger partial charge < -0.3 is 15.4 Å². The number of carbonyl (C=O) groups excluding carboxylic acids is 2. The van der Waals surface area contributed by atoms with E-state index in [-0.39, 0.29) is 6.04 Å². The molecule has 2 aromatic rings. The fourth-order valence-corrected chi connectivity index (χ4v) is 2.77. The van der Waals surface area contributed by atoms with Crippen molar-refractivity contribution in [1.29, 1.82) is 0 Å². The molecular formula is C19H20N2O3. The first kappa shape index (κ1) is 16.1. The van der Waals surface area contributed by atoms with Crippen LogP contribution in [-0.4, -0.2) is 17.9 Å². The van der Waals surface area contributed by atoms with E-state index < -0.39 is 11.8 Å². The third-order valence-electron chi connectivity index (χ3n) is 4.00. The Labute approximate surface area is 141 Å². The molecule has 2 amide bonds. The van der Waals surface area contributed by atoms with Crippen molar-refractivity contribution < 1.29 is 14.3 Å². The van der Waals surface area contributed by atoms with E-state index in [1.54, 1.807) is 18.2 Å². The molecule has 3 rings (SSSR count). The zero-order valence-corrected chi connectivity index (χ0v) is 13.3. The normalized spacial score (nSPS) is 14.2. The number of nitrogens with one attached hydrogen (secondary N) is 2. The molecule has 124 valence electrons. The van der Waals surface area contributed by atoms with Crippen molar-refractivity contribution in [3.8, 4) is 11.5 Å². The van der Waals surface area contributed by atoms with Gasteiger partial charge >= 0.3 is 11.8 Å². The molecular weight excluding hydrogens is 304 g/mol. The number of carbonyl (C=O) groups is 2. The van der Waals surface area contributed by atoms with Gasteiger partial charge in [0, 0.05) is 6.04 Å². The average molecular weight is 324 g/mol. The van der Waals surface area contributed by atoms with Gasteiger partial charge in [-0.3, -0.25) is 9.59 Å². The van der Waals surface area contributed by atoms with Gasteiger partial charge in [-0.05, 0) is 37.1 Å². The molecule has 0 saturated heterocycles. The summed E-state index contributed by atoms with van der Waals surface area (Å²) in [4.78, 5) is 24.1. The molecule has 24 heavy (non-hydrogen) atoms. The minimum absolute atomic E-state index is 0.110. The number of ether oxygens (including phenoxy) is 1. The Morgan fingerprint density at radius 1 is 0.875 bits per heavy atom. The summed E-state index contributed by atoms with van der Waals surface area (Å²) in [6, 6.07) is 16.4. The predicted molar refractivity (Wildman–Crippen MR) is 92.0 cm³/mol. The highest BCUT2D eigenvalue weighted by molar-refractivity contribution is 6.39. The molecule has 0 unspecified atom stereocenters. The third-order valence-corrected chi connectivity index (χ3v) is 4.00. The van der Waals surface area contributed by atoms with Gasteiger partial charge in [-0.1, -0.05) is 43.2 Å². The summed E-state index contributed by atoms with van der Waals surface area (Å²) in [5, 5.41) is 5.40. The Bertz CT molecular complexity index is 710. The minimum atomic E-state index is -0.675. The molecule has 0 heterocycles. The highest BCUT2D eigenvalue weighted by atomic mass is 16.5. The van der Waals surface area contributed by atoms with Crippen LogP contribution in [0.5, 0.6) is 11.5 Å². The molecule has 0 aliphatic heterocycles. The number of hydrogen-bond donors (Lipinski definition) is 2. The second kappa shape index (κ2) is 7.64. The third kappa shape index (κ3) is 4.13. The van der Waals surface area contributed by atoms with Gasteiger partial charge in [-0.15, -0.1) is 0 Å². The number of rotatable bonds is 4. The van der Waals surface area contributed by atoms with Crippen LogP contribution < -0.4 is 15.4 Å². The summed E-state index contributed by atoms with van der Waals surface area (Å²) in [7, 11) is 0. The maximum atomic E-state index is 12.1. The largest absolute Gasteiger partial charge is 0.455 e. The zero-order chi connectivity index (χ0) is 16.8. The maximum Gasteiger partial charge on any atom is 0.313 e. The summed E-state index contributed by atoms with van der Waals surface area (Å²) in [6.07, 6.45) is 4.07. The summed E-state index contributed by atoms with van der Waals surface area (Å²) in [5.41, 5.74) is 0.466. The van der Waals surface area contributed by atoms with E-state index >= 15 is 0 Å². The molecule has 0 bridgehead atoms. The molecule has 0 spiro atoms. The Hall–Kier alpha value is -2.82. The Kier molecular flexibility index (Phi) is 5.11. The van der Waals surface area contributed by atoms with Gasteiger partial charge in [0.25, 0.3) is 0 Å².